The van der Waals surface area contributed by atoms with E-state index in [1.165, 1.54) is 19.8 Å². The predicted molar refractivity (Wildman–Crippen MR) is 58.6 cm³/mol. The van der Waals surface area contributed by atoms with Gasteiger partial charge in [0.05, 0.1) is 0 Å². The fraction of sp³-hybridized carbons (Fsp3) is 0.917. The van der Waals surface area contributed by atoms with Crippen LogP contribution in [0.5, 0.6) is 0 Å². The summed E-state index contributed by atoms with van der Waals surface area (Å²) in [4.78, 5) is 13.5. The Balaban J connectivity index is 1.98. The number of hydrogen-bond acceptors (Lipinski definition) is 3. The van der Waals surface area contributed by atoms with E-state index in [2.05, 4.69) is 18.7 Å². The number of rotatable bonds is 2. The van der Waals surface area contributed by atoms with E-state index >= 15 is 0 Å². The number of hydrogen-bond donors (Lipinski definition) is 0. The third-order valence-electron chi connectivity index (χ3n) is 3.68. The Kier molecular flexibility index (Phi) is 3.01. The number of fused-ring (bicyclic) bond motifs is 2. The van der Waals surface area contributed by atoms with Crippen molar-refractivity contribution in [3.05, 3.63) is 0 Å². The molecule has 0 aliphatic carbocycles. The Bertz CT molecular complexity index is 238. The van der Waals surface area contributed by atoms with Gasteiger partial charge in [0.15, 0.2) is 0 Å². The molecular weight excluding hydrogens is 190 g/mol. The molecule has 0 spiro atoms. The standard InChI is InChI=1S/C12H21NO2/c1-8(2)13-10-4-5-11(13)7-12(6-10)15-9(3)14/h8,10-12H,4-7H2,1-3H3/t10-,11+,12?. The minimum Gasteiger partial charge on any atom is -0.462 e. The Labute approximate surface area is 91.8 Å². The van der Waals surface area contributed by atoms with Crippen molar-refractivity contribution in [2.24, 2.45) is 0 Å². The molecule has 0 N–H and O–H groups in total. The van der Waals surface area contributed by atoms with Crippen LogP contribution in [0.4, 0.5) is 0 Å². The summed E-state index contributed by atoms with van der Waals surface area (Å²) in [6.45, 7) is 6.03. The topological polar surface area (TPSA) is 29.5 Å². The van der Waals surface area contributed by atoms with Crippen LogP contribution in [0.25, 0.3) is 0 Å². The first-order chi connectivity index (χ1) is 7.08. The van der Waals surface area contributed by atoms with E-state index in [0.717, 1.165) is 12.8 Å². The number of carbonyl (C=O) groups excluding carboxylic acids is 1. The zero-order chi connectivity index (χ0) is 11.0. The minimum absolute atomic E-state index is 0.127. The molecule has 0 aromatic heterocycles. The van der Waals surface area contributed by atoms with Crippen molar-refractivity contribution in [3.63, 3.8) is 0 Å². The van der Waals surface area contributed by atoms with Crippen LogP contribution in [0.15, 0.2) is 0 Å². The molecule has 0 aromatic rings. The average Bonchev–Trinajstić information content (AvgIpc) is 2.38. The molecule has 0 radical (unpaired) electrons. The van der Waals surface area contributed by atoms with Gasteiger partial charge in [-0.25, -0.2) is 0 Å². The number of ether oxygens (including phenoxy) is 1. The fourth-order valence-electron chi connectivity index (χ4n) is 3.34. The third-order valence-corrected chi connectivity index (χ3v) is 3.68. The van der Waals surface area contributed by atoms with Crippen molar-refractivity contribution in [3.8, 4) is 0 Å². The summed E-state index contributed by atoms with van der Waals surface area (Å²) < 4.78 is 5.33. The first-order valence-corrected chi connectivity index (χ1v) is 6.02. The number of carbonyl (C=O) groups is 1. The van der Waals surface area contributed by atoms with Crippen LogP contribution in [-0.4, -0.2) is 35.1 Å². The minimum atomic E-state index is -0.127. The van der Waals surface area contributed by atoms with Gasteiger partial charge in [-0.2, -0.15) is 0 Å². The maximum absolute atomic E-state index is 10.9. The van der Waals surface area contributed by atoms with Gasteiger partial charge in [0.2, 0.25) is 0 Å². The van der Waals surface area contributed by atoms with Crippen LogP contribution >= 0.6 is 0 Å². The second kappa shape index (κ2) is 4.12. The SMILES string of the molecule is CC(=O)OC1C[C@H]2CC[C@@H](C1)N2C(C)C. The second-order valence-electron chi connectivity index (χ2n) is 5.13. The summed E-state index contributed by atoms with van der Waals surface area (Å²) in [7, 11) is 0. The summed E-state index contributed by atoms with van der Waals surface area (Å²) in [5, 5.41) is 0. The van der Waals surface area contributed by atoms with Crippen LogP contribution in [0.1, 0.15) is 46.5 Å². The molecule has 1 unspecified atom stereocenters. The molecule has 2 bridgehead atoms. The van der Waals surface area contributed by atoms with Crippen LogP contribution in [0, 0.1) is 0 Å². The zero-order valence-electron chi connectivity index (χ0n) is 9.90. The van der Waals surface area contributed by atoms with Gasteiger partial charge in [-0.15, -0.1) is 0 Å². The molecule has 86 valence electrons. The smallest absolute Gasteiger partial charge is 0.302 e. The van der Waals surface area contributed by atoms with E-state index in [-0.39, 0.29) is 12.1 Å². The molecule has 2 heterocycles. The normalized spacial score (nSPS) is 35.9. The van der Waals surface area contributed by atoms with Gasteiger partial charge < -0.3 is 4.74 Å². The lowest BCUT2D eigenvalue weighted by atomic mass is 9.98. The van der Waals surface area contributed by atoms with Crippen molar-refractivity contribution in [1.82, 2.24) is 4.90 Å². The summed E-state index contributed by atoms with van der Waals surface area (Å²) in [5.41, 5.74) is 0. The third kappa shape index (κ3) is 2.17. The van der Waals surface area contributed by atoms with Gasteiger partial charge >= 0.3 is 5.97 Å². The lowest BCUT2D eigenvalue weighted by Gasteiger charge is -2.40. The molecule has 3 heteroatoms. The summed E-state index contributed by atoms with van der Waals surface area (Å²) in [6, 6.07) is 1.92. The van der Waals surface area contributed by atoms with Crippen molar-refractivity contribution in [2.75, 3.05) is 0 Å². The maximum Gasteiger partial charge on any atom is 0.302 e. The maximum atomic E-state index is 10.9. The van der Waals surface area contributed by atoms with Crippen molar-refractivity contribution in [1.29, 1.82) is 0 Å². The molecule has 3 atom stereocenters. The largest absolute Gasteiger partial charge is 0.462 e. The van der Waals surface area contributed by atoms with Gasteiger partial charge in [0.1, 0.15) is 6.10 Å². The number of esters is 1. The van der Waals surface area contributed by atoms with E-state index in [1.54, 1.807) is 0 Å². The highest BCUT2D eigenvalue weighted by molar-refractivity contribution is 5.66. The molecule has 3 nitrogen and oxygen atoms in total. The van der Waals surface area contributed by atoms with Crippen LogP contribution in [0.3, 0.4) is 0 Å². The Morgan fingerprint density at radius 3 is 2.20 bits per heavy atom. The average molecular weight is 211 g/mol. The van der Waals surface area contributed by atoms with E-state index < -0.39 is 0 Å². The van der Waals surface area contributed by atoms with Gasteiger partial charge in [0, 0.05) is 37.9 Å². The summed E-state index contributed by atoms with van der Waals surface area (Å²) >= 11 is 0. The van der Waals surface area contributed by atoms with Crippen molar-refractivity contribution in [2.45, 2.75) is 70.7 Å². The predicted octanol–water partition coefficient (Wildman–Crippen LogP) is 1.95. The van der Waals surface area contributed by atoms with Crippen molar-refractivity contribution >= 4 is 5.97 Å². The molecule has 15 heavy (non-hydrogen) atoms. The van der Waals surface area contributed by atoms with Crippen LogP contribution in [-0.2, 0) is 9.53 Å². The first kappa shape index (κ1) is 10.9. The number of nitrogens with zero attached hydrogens (tertiary/aromatic N) is 1. The second-order valence-corrected chi connectivity index (χ2v) is 5.13. The molecule has 2 fully saturated rings. The Morgan fingerprint density at radius 2 is 1.80 bits per heavy atom. The summed E-state index contributed by atoms with van der Waals surface area (Å²) in [5.74, 6) is -0.127. The van der Waals surface area contributed by atoms with E-state index in [4.69, 9.17) is 4.74 Å². The quantitative estimate of drug-likeness (QED) is 0.654. The van der Waals surface area contributed by atoms with Crippen molar-refractivity contribution < 1.29 is 9.53 Å². The summed E-state index contributed by atoms with van der Waals surface area (Å²) in [6.07, 6.45) is 4.80. The molecule has 0 aromatic carbocycles. The molecule has 2 aliphatic heterocycles. The van der Waals surface area contributed by atoms with Gasteiger partial charge in [-0.3, -0.25) is 9.69 Å². The highest BCUT2D eigenvalue weighted by Gasteiger charge is 2.42. The van der Waals surface area contributed by atoms with E-state index in [9.17, 15) is 4.79 Å². The molecule has 0 saturated carbocycles. The van der Waals surface area contributed by atoms with Crippen LogP contribution < -0.4 is 0 Å². The van der Waals surface area contributed by atoms with E-state index in [0.29, 0.717) is 18.1 Å². The van der Waals surface area contributed by atoms with Gasteiger partial charge in [0.25, 0.3) is 0 Å². The fourth-order valence-corrected chi connectivity index (χ4v) is 3.34. The first-order valence-electron chi connectivity index (χ1n) is 6.02. The van der Waals surface area contributed by atoms with E-state index in [1.807, 2.05) is 0 Å². The molecule has 0 amide bonds. The lowest BCUT2D eigenvalue weighted by Crippen LogP contribution is -2.48. The Hall–Kier alpha value is -0.570. The molecule has 2 rings (SSSR count). The number of piperidine rings is 1. The highest BCUT2D eigenvalue weighted by Crippen LogP contribution is 2.38. The highest BCUT2D eigenvalue weighted by atomic mass is 16.5. The Morgan fingerprint density at radius 1 is 1.27 bits per heavy atom. The monoisotopic (exact) mass is 211 g/mol. The van der Waals surface area contributed by atoms with Crippen LogP contribution in [0.2, 0.25) is 0 Å². The molecular formula is C12H21NO2. The zero-order valence-corrected chi connectivity index (χ0v) is 9.90. The lowest BCUT2D eigenvalue weighted by molar-refractivity contribution is -0.150. The van der Waals surface area contributed by atoms with Gasteiger partial charge in [-0.05, 0) is 26.7 Å². The molecule has 2 saturated heterocycles. The van der Waals surface area contributed by atoms with Gasteiger partial charge in [-0.1, -0.05) is 0 Å². The molecule has 2 aliphatic rings.